The molecule has 4 rings (SSSR count). The van der Waals surface area contributed by atoms with Crippen LogP contribution in [0.3, 0.4) is 0 Å². The van der Waals surface area contributed by atoms with Gasteiger partial charge in [-0.05, 0) is 48.9 Å². The van der Waals surface area contributed by atoms with Gasteiger partial charge in [-0.25, -0.2) is 0 Å². The second kappa shape index (κ2) is 13.7. The second-order valence-corrected chi connectivity index (χ2v) is 12.0. The zero-order valence-electron chi connectivity index (χ0n) is 22.3. The van der Waals surface area contributed by atoms with Gasteiger partial charge in [0.1, 0.15) is 12.6 Å². The van der Waals surface area contributed by atoms with E-state index in [4.69, 9.17) is 21.1 Å². The molecule has 0 radical (unpaired) electrons. The third-order valence-corrected chi connectivity index (χ3v) is 7.74. The molecule has 9 nitrogen and oxygen atoms in total. The van der Waals surface area contributed by atoms with Crippen LogP contribution in [-0.4, -0.2) is 74.7 Å². The summed E-state index contributed by atoms with van der Waals surface area (Å²) in [6.07, 6.45) is 2.16. The molecular formula is C27H33ClF2N4O5S. The summed E-state index contributed by atoms with van der Waals surface area (Å²) in [5, 5.41) is 5.66. The fourth-order valence-corrected chi connectivity index (χ4v) is 5.49. The number of amides is 3. The molecule has 1 saturated carbocycles. The SMILES string of the molecule is CC(C)CN(CC1CC1)[C@H](CNC(=O)c1ccc(Cl)s1)C(=O)Nc1ccc(N2CCOCC2=O)c(OC(F)F)c1. The monoisotopic (exact) mass is 598 g/mol. The number of carbonyl (C=O) groups is 3. The molecule has 1 aliphatic heterocycles. The number of nitrogens with zero attached hydrogens (tertiary/aromatic N) is 2. The van der Waals surface area contributed by atoms with Crippen LogP contribution in [0, 0.1) is 11.8 Å². The highest BCUT2D eigenvalue weighted by Crippen LogP contribution is 2.34. The van der Waals surface area contributed by atoms with E-state index in [0.717, 1.165) is 24.2 Å². The molecule has 1 aromatic carbocycles. The van der Waals surface area contributed by atoms with Gasteiger partial charge >= 0.3 is 6.61 Å². The number of carbonyl (C=O) groups excluding carboxylic acids is 3. The number of morpholine rings is 1. The normalized spacial score (nSPS) is 16.5. The standard InChI is InChI=1S/C27H33ClF2N4O5S/c1-16(2)13-33(14-17-3-4-17)20(12-31-26(37)22-7-8-23(28)40-22)25(36)32-18-5-6-19(21(11-18)39-27(29)30)34-9-10-38-15-24(34)35/h5-8,11,16-17,20,27H,3-4,9-10,12-15H2,1-2H3,(H,31,37)(H,32,36)/t20-/m1/s1. The molecule has 1 atom stereocenters. The van der Waals surface area contributed by atoms with Gasteiger partial charge in [0.2, 0.25) is 5.91 Å². The van der Waals surface area contributed by atoms with Crippen molar-refractivity contribution in [3.8, 4) is 5.75 Å². The zero-order valence-corrected chi connectivity index (χ0v) is 23.9. The van der Waals surface area contributed by atoms with Crippen LogP contribution in [0.2, 0.25) is 4.34 Å². The maximum absolute atomic E-state index is 13.7. The van der Waals surface area contributed by atoms with Gasteiger partial charge in [-0.1, -0.05) is 25.4 Å². The smallest absolute Gasteiger partial charge is 0.387 e. The lowest BCUT2D eigenvalue weighted by Crippen LogP contribution is -2.52. The Labute approximate surface area is 240 Å². The van der Waals surface area contributed by atoms with Gasteiger partial charge in [-0.15, -0.1) is 11.3 Å². The van der Waals surface area contributed by atoms with E-state index in [9.17, 15) is 23.2 Å². The predicted octanol–water partition coefficient (Wildman–Crippen LogP) is 4.47. The minimum atomic E-state index is -3.13. The van der Waals surface area contributed by atoms with Crippen molar-refractivity contribution in [3.05, 3.63) is 39.5 Å². The average Bonchev–Trinajstić information content (AvgIpc) is 3.60. The molecule has 0 spiro atoms. The number of hydrogen-bond acceptors (Lipinski definition) is 7. The van der Waals surface area contributed by atoms with E-state index in [0.29, 0.717) is 28.2 Å². The molecule has 2 aliphatic rings. The summed E-state index contributed by atoms with van der Waals surface area (Å²) < 4.78 is 36.9. The Kier molecular flexibility index (Phi) is 10.3. The molecule has 2 aromatic rings. The highest BCUT2D eigenvalue weighted by molar-refractivity contribution is 7.18. The molecule has 218 valence electrons. The van der Waals surface area contributed by atoms with Gasteiger partial charge < -0.3 is 25.0 Å². The Bertz CT molecular complexity index is 1210. The molecule has 0 unspecified atom stereocenters. The number of hydrogen-bond donors (Lipinski definition) is 2. The van der Waals surface area contributed by atoms with Gasteiger partial charge in [-0.3, -0.25) is 19.3 Å². The maximum atomic E-state index is 13.7. The van der Waals surface area contributed by atoms with Crippen molar-refractivity contribution in [2.75, 3.05) is 49.6 Å². The van der Waals surface area contributed by atoms with Crippen LogP contribution in [0.4, 0.5) is 20.2 Å². The predicted molar refractivity (Wildman–Crippen MR) is 149 cm³/mol. The first-order valence-corrected chi connectivity index (χ1v) is 14.4. The van der Waals surface area contributed by atoms with E-state index < -0.39 is 18.6 Å². The number of ether oxygens (including phenoxy) is 2. The Morgan fingerprint density at radius 2 is 2.02 bits per heavy atom. The number of benzene rings is 1. The van der Waals surface area contributed by atoms with Crippen LogP contribution in [-0.2, 0) is 14.3 Å². The van der Waals surface area contributed by atoms with Gasteiger partial charge in [0.05, 0.1) is 21.5 Å². The topological polar surface area (TPSA) is 100 Å². The fourth-order valence-electron chi connectivity index (χ4n) is 4.53. The van der Waals surface area contributed by atoms with Gasteiger partial charge in [0.25, 0.3) is 11.8 Å². The van der Waals surface area contributed by atoms with E-state index in [-0.39, 0.29) is 61.2 Å². The number of alkyl halides is 2. The lowest BCUT2D eigenvalue weighted by Gasteiger charge is -2.32. The van der Waals surface area contributed by atoms with E-state index in [2.05, 4.69) is 29.4 Å². The van der Waals surface area contributed by atoms with Crippen LogP contribution in [0.1, 0.15) is 36.4 Å². The molecule has 40 heavy (non-hydrogen) atoms. The minimum absolute atomic E-state index is 0.0420. The van der Waals surface area contributed by atoms with E-state index >= 15 is 0 Å². The summed E-state index contributed by atoms with van der Waals surface area (Å²) in [5.41, 5.74) is 0.391. The van der Waals surface area contributed by atoms with Gasteiger partial charge in [-0.2, -0.15) is 8.78 Å². The summed E-state index contributed by atoms with van der Waals surface area (Å²) in [7, 11) is 0. The van der Waals surface area contributed by atoms with Crippen LogP contribution in [0.5, 0.6) is 5.75 Å². The number of nitrogens with one attached hydrogen (secondary N) is 2. The lowest BCUT2D eigenvalue weighted by molar-refractivity contribution is -0.126. The van der Waals surface area contributed by atoms with Crippen LogP contribution in [0.25, 0.3) is 0 Å². The van der Waals surface area contributed by atoms with Crippen LogP contribution < -0.4 is 20.3 Å². The lowest BCUT2D eigenvalue weighted by atomic mass is 10.1. The van der Waals surface area contributed by atoms with Crippen LogP contribution in [0.15, 0.2) is 30.3 Å². The maximum Gasteiger partial charge on any atom is 0.387 e. The summed E-state index contributed by atoms with van der Waals surface area (Å²) >= 11 is 7.12. The van der Waals surface area contributed by atoms with Gasteiger partial charge in [0, 0.05) is 37.9 Å². The van der Waals surface area contributed by atoms with Crippen molar-refractivity contribution in [2.24, 2.45) is 11.8 Å². The van der Waals surface area contributed by atoms with Crippen molar-refractivity contribution < 1.29 is 32.6 Å². The second-order valence-electron chi connectivity index (χ2n) is 10.3. The van der Waals surface area contributed by atoms with E-state index in [1.807, 2.05) is 0 Å². The van der Waals surface area contributed by atoms with E-state index in [1.54, 1.807) is 12.1 Å². The molecule has 1 aromatic heterocycles. The molecule has 0 bridgehead atoms. The first kappa shape index (κ1) is 30.2. The Balaban J connectivity index is 1.55. The minimum Gasteiger partial charge on any atom is -0.433 e. The third-order valence-electron chi connectivity index (χ3n) is 6.51. The first-order valence-electron chi connectivity index (χ1n) is 13.2. The zero-order chi connectivity index (χ0) is 28.8. The Morgan fingerprint density at radius 1 is 1.25 bits per heavy atom. The quantitative estimate of drug-likeness (QED) is 0.353. The highest BCUT2D eigenvalue weighted by Gasteiger charge is 2.33. The highest BCUT2D eigenvalue weighted by atomic mass is 35.5. The Hall–Kier alpha value is -2.80. The fraction of sp³-hybridized carbons (Fsp3) is 0.519. The van der Waals surface area contributed by atoms with Crippen molar-refractivity contribution >= 4 is 52.0 Å². The van der Waals surface area contributed by atoms with Gasteiger partial charge in [0.15, 0.2) is 5.75 Å². The summed E-state index contributed by atoms with van der Waals surface area (Å²) in [6.45, 7) is 2.64. The number of halogens is 3. The average molecular weight is 599 g/mol. The van der Waals surface area contributed by atoms with Crippen molar-refractivity contribution in [1.29, 1.82) is 0 Å². The largest absolute Gasteiger partial charge is 0.433 e. The molecule has 1 saturated heterocycles. The summed E-state index contributed by atoms with van der Waals surface area (Å²) in [6, 6.07) is 6.81. The number of anilines is 2. The first-order chi connectivity index (χ1) is 19.1. The molecular weight excluding hydrogens is 566 g/mol. The Morgan fingerprint density at radius 3 is 2.65 bits per heavy atom. The molecule has 2 heterocycles. The number of rotatable bonds is 13. The van der Waals surface area contributed by atoms with Crippen molar-refractivity contribution in [3.63, 3.8) is 0 Å². The van der Waals surface area contributed by atoms with E-state index in [1.165, 1.54) is 23.1 Å². The third kappa shape index (κ3) is 8.35. The molecule has 3 amide bonds. The molecule has 13 heteroatoms. The summed E-state index contributed by atoms with van der Waals surface area (Å²) in [4.78, 5) is 42.6. The number of thiophene rings is 1. The van der Waals surface area contributed by atoms with Crippen molar-refractivity contribution in [2.45, 2.75) is 39.3 Å². The summed E-state index contributed by atoms with van der Waals surface area (Å²) in [5.74, 6) is -0.606. The van der Waals surface area contributed by atoms with Crippen molar-refractivity contribution in [1.82, 2.24) is 10.2 Å². The molecule has 1 aliphatic carbocycles. The van der Waals surface area contributed by atoms with Crippen LogP contribution >= 0.6 is 22.9 Å². The molecule has 2 N–H and O–H groups in total. The molecule has 2 fully saturated rings.